The van der Waals surface area contributed by atoms with E-state index in [4.69, 9.17) is 4.98 Å². The smallest absolute Gasteiger partial charge is 0.115 e. The highest BCUT2D eigenvalue weighted by atomic mass is 35.5. The largest absolute Gasteiger partial charge is 0.508 e. The Morgan fingerprint density at radius 2 is 1.82 bits per heavy atom. The van der Waals surface area contributed by atoms with Crippen LogP contribution in [0.15, 0.2) is 48.5 Å². The Hall–Kier alpha value is -1.85. The number of phenolic OH excluding ortho intramolecular Hbond substituents is 1. The minimum absolute atomic E-state index is 0. The standard InChI is InChI=1S/C27H28N2O2.2ClH/c30-21-8-7-18-12-25-27(31)14-20-11-19-3-1-2-4-23(19)28-24(20)15-26(27,22(18)13-21)9-10-29(25)16-17-5-6-17;;/h1-4,7-8,11,13,17,25,30-31H,5-6,9-10,12,14-16H2;2*1H/t25-,26-,27-;;/m1../s1. The van der Waals surface area contributed by atoms with Gasteiger partial charge in [0, 0.05) is 41.9 Å². The van der Waals surface area contributed by atoms with Crippen LogP contribution < -0.4 is 0 Å². The Bertz CT molecular complexity index is 1230. The zero-order valence-corrected chi connectivity index (χ0v) is 20.2. The van der Waals surface area contributed by atoms with Crippen LogP contribution in [0.25, 0.3) is 10.9 Å². The Kier molecular flexibility index (Phi) is 5.45. The van der Waals surface area contributed by atoms with Crippen molar-refractivity contribution >= 4 is 35.7 Å². The summed E-state index contributed by atoms with van der Waals surface area (Å²) in [7, 11) is 0. The molecule has 2 fully saturated rings. The predicted octanol–water partition coefficient (Wildman–Crippen LogP) is 4.59. The normalized spacial score (nSPS) is 29.8. The van der Waals surface area contributed by atoms with Crippen molar-refractivity contribution in [3.05, 3.63) is 70.9 Å². The van der Waals surface area contributed by atoms with Crippen molar-refractivity contribution in [3.8, 4) is 5.75 Å². The number of phenols is 1. The third-order valence-electron chi connectivity index (χ3n) is 8.68. The van der Waals surface area contributed by atoms with Gasteiger partial charge in [0.1, 0.15) is 5.75 Å². The zero-order valence-electron chi connectivity index (χ0n) is 18.5. The molecule has 0 spiro atoms. The van der Waals surface area contributed by atoms with E-state index in [2.05, 4.69) is 35.2 Å². The number of likely N-dealkylation sites (tertiary alicyclic amines) is 1. The van der Waals surface area contributed by atoms with Crippen LogP contribution in [-0.2, 0) is 24.7 Å². The van der Waals surface area contributed by atoms with Gasteiger partial charge in [0.2, 0.25) is 0 Å². The molecule has 1 saturated heterocycles. The van der Waals surface area contributed by atoms with Gasteiger partial charge in [0.05, 0.1) is 11.1 Å². The van der Waals surface area contributed by atoms with Gasteiger partial charge in [-0.1, -0.05) is 24.3 Å². The summed E-state index contributed by atoms with van der Waals surface area (Å²) in [5.41, 5.74) is 4.56. The van der Waals surface area contributed by atoms with Crippen LogP contribution in [0.1, 0.15) is 41.6 Å². The molecule has 6 heteroatoms. The molecule has 3 aliphatic carbocycles. The van der Waals surface area contributed by atoms with Gasteiger partial charge < -0.3 is 10.2 Å². The third kappa shape index (κ3) is 3.22. The van der Waals surface area contributed by atoms with Crippen molar-refractivity contribution in [1.82, 2.24) is 9.88 Å². The Balaban J connectivity index is 0.00000114. The average Bonchev–Trinajstić information content (AvgIpc) is 3.57. The number of nitrogens with zero attached hydrogens (tertiary/aromatic N) is 2. The van der Waals surface area contributed by atoms with Crippen molar-refractivity contribution in [1.29, 1.82) is 0 Å². The molecule has 0 unspecified atom stereocenters. The molecule has 0 amide bonds. The van der Waals surface area contributed by atoms with Gasteiger partial charge in [-0.05, 0) is 79.1 Å². The number of aliphatic hydroxyl groups is 1. The number of aromatic nitrogens is 1. The molecule has 1 aliphatic heterocycles. The number of aromatic hydroxyl groups is 1. The van der Waals surface area contributed by atoms with Gasteiger partial charge in [0.15, 0.2) is 0 Å². The SMILES string of the molecule is Cl.Cl.Oc1ccc2c(c1)[C@]13CCN(CC4CC4)[C@H](C2)[C@]1(O)Cc1cc2ccccc2nc1C3. The van der Waals surface area contributed by atoms with Crippen LogP contribution in [0.2, 0.25) is 0 Å². The molecule has 7 rings (SSSR count). The average molecular weight is 485 g/mol. The van der Waals surface area contributed by atoms with Crippen molar-refractivity contribution in [2.75, 3.05) is 13.1 Å². The number of hydrogen-bond acceptors (Lipinski definition) is 4. The molecule has 1 aromatic heterocycles. The fourth-order valence-electron chi connectivity index (χ4n) is 6.95. The molecule has 4 nitrogen and oxygen atoms in total. The number of fused-ring (bicyclic) bond motifs is 3. The van der Waals surface area contributed by atoms with Gasteiger partial charge in [-0.25, -0.2) is 0 Å². The molecular weight excluding hydrogens is 455 g/mol. The Labute approximate surface area is 206 Å². The van der Waals surface area contributed by atoms with E-state index in [0.29, 0.717) is 12.2 Å². The lowest BCUT2D eigenvalue weighted by Crippen LogP contribution is -2.74. The molecular formula is C27H30Cl2N2O2. The van der Waals surface area contributed by atoms with Crippen molar-refractivity contribution < 1.29 is 10.2 Å². The highest BCUT2D eigenvalue weighted by Gasteiger charge is 2.64. The number of piperidine rings is 1. The van der Waals surface area contributed by atoms with Crippen molar-refractivity contribution in [2.24, 2.45) is 5.92 Å². The molecule has 2 heterocycles. The summed E-state index contributed by atoms with van der Waals surface area (Å²) in [6, 6.07) is 16.5. The lowest BCUT2D eigenvalue weighted by molar-refractivity contribution is -0.152. The summed E-state index contributed by atoms with van der Waals surface area (Å²) < 4.78 is 0. The van der Waals surface area contributed by atoms with Gasteiger partial charge in [0.25, 0.3) is 0 Å². The first-order chi connectivity index (χ1) is 15.1. The highest BCUT2D eigenvalue weighted by molar-refractivity contribution is 5.85. The summed E-state index contributed by atoms with van der Waals surface area (Å²) in [6.45, 7) is 2.13. The topological polar surface area (TPSA) is 56.6 Å². The molecule has 2 aromatic carbocycles. The van der Waals surface area contributed by atoms with E-state index in [1.165, 1.54) is 24.0 Å². The summed E-state index contributed by atoms with van der Waals surface area (Å²) in [5, 5.41) is 24.1. The van der Waals surface area contributed by atoms with Gasteiger partial charge in [-0.2, -0.15) is 0 Å². The number of halogens is 2. The van der Waals surface area contributed by atoms with Crippen molar-refractivity contribution in [3.63, 3.8) is 0 Å². The highest BCUT2D eigenvalue weighted by Crippen LogP contribution is 2.57. The Morgan fingerprint density at radius 1 is 1.00 bits per heavy atom. The van der Waals surface area contributed by atoms with Crippen LogP contribution >= 0.6 is 24.8 Å². The monoisotopic (exact) mass is 484 g/mol. The number of pyridine rings is 1. The summed E-state index contributed by atoms with van der Waals surface area (Å²) in [4.78, 5) is 7.65. The van der Waals surface area contributed by atoms with Crippen LogP contribution in [0.3, 0.4) is 0 Å². The number of para-hydroxylation sites is 1. The number of benzene rings is 2. The van der Waals surface area contributed by atoms with Crippen molar-refractivity contribution in [2.45, 2.75) is 55.6 Å². The second-order valence-corrected chi connectivity index (χ2v) is 10.4. The van der Waals surface area contributed by atoms with Gasteiger partial charge in [-0.15, -0.1) is 24.8 Å². The maximum Gasteiger partial charge on any atom is 0.115 e. The van der Waals surface area contributed by atoms with Crippen LogP contribution in [0, 0.1) is 5.92 Å². The first-order valence-corrected chi connectivity index (χ1v) is 11.7. The van der Waals surface area contributed by atoms with E-state index < -0.39 is 5.60 Å². The molecule has 3 atom stereocenters. The number of hydrogen-bond donors (Lipinski definition) is 2. The van der Waals surface area contributed by atoms with Gasteiger partial charge in [-0.3, -0.25) is 9.88 Å². The first kappa shape index (κ1) is 22.9. The lowest BCUT2D eigenvalue weighted by Gasteiger charge is -2.63. The minimum Gasteiger partial charge on any atom is -0.508 e. The fourth-order valence-corrected chi connectivity index (χ4v) is 6.95. The fraction of sp³-hybridized carbons (Fsp3) is 0.444. The second kappa shape index (κ2) is 7.84. The van der Waals surface area contributed by atoms with E-state index in [1.54, 1.807) is 0 Å². The molecule has 174 valence electrons. The maximum atomic E-state index is 12.6. The first-order valence-electron chi connectivity index (χ1n) is 11.7. The second-order valence-electron chi connectivity index (χ2n) is 10.4. The van der Waals surface area contributed by atoms with E-state index in [0.717, 1.165) is 60.4 Å². The molecule has 3 aromatic rings. The maximum absolute atomic E-state index is 12.6. The Morgan fingerprint density at radius 3 is 2.64 bits per heavy atom. The third-order valence-corrected chi connectivity index (χ3v) is 8.68. The van der Waals surface area contributed by atoms with Gasteiger partial charge >= 0.3 is 0 Å². The molecule has 1 saturated carbocycles. The molecule has 4 aliphatic rings. The lowest BCUT2D eigenvalue weighted by atomic mass is 9.49. The van der Waals surface area contributed by atoms with E-state index in [1.807, 2.05) is 18.2 Å². The molecule has 2 bridgehead atoms. The molecule has 33 heavy (non-hydrogen) atoms. The summed E-state index contributed by atoms with van der Waals surface area (Å²) >= 11 is 0. The van der Waals surface area contributed by atoms with E-state index in [9.17, 15) is 10.2 Å². The van der Waals surface area contributed by atoms with E-state index >= 15 is 0 Å². The zero-order chi connectivity index (χ0) is 20.8. The van der Waals surface area contributed by atoms with Crippen LogP contribution in [-0.4, -0.2) is 44.8 Å². The van der Waals surface area contributed by atoms with Crippen LogP contribution in [0.5, 0.6) is 5.75 Å². The minimum atomic E-state index is -0.835. The van der Waals surface area contributed by atoms with E-state index in [-0.39, 0.29) is 36.3 Å². The molecule has 2 N–H and O–H groups in total. The number of rotatable bonds is 2. The van der Waals surface area contributed by atoms with Crippen LogP contribution in [0.4, 0.5) is 0 Å². The quantitative estimate of drug-likeness (QED) is 0.558. The predicted molar refractivity (Wildman–Crippen MR) is 135 cm³/mol. The summed E-state index contributed by atoms with van der Waals surface area (Å²) in [5.74, 6) is 1.10. The molecule has 0 radical (unpaired) electrons. The summed E-state index contributed by atoms with van der Waals surface area (Å²) in [6.07, 6.45) is 5.81.